The molecule has 21 heavy (non-hydrogen) atoms. The number of hydrogen-bond donors (Lipinski definition) is 2. The van der Waals surface area contributed by atoms with E-state index in [2.05, 4.69) is 36.5 Å². The molecule has 0 saturated heterocycles. The fourth-order valence-electron chi connectivity index (χ4n) is 2.39. The Morgan fingerprint density at radius 1 is 1.10 bits per heavy atom. The average molecular weight is 283 g/mol. The standard InChI is InChI=1S/C18H21NO2/c1-14-5-4-6-15(11-14)9-10-19-13-17-8-3-2-7-16(17)12-18(20)21/h2-8,11,19H,9-10,12-13H2,1H3,(H,20,21). The van der Waals surface area contributed by atoms with Gasteiger partial charge in [0.1, 0.15) is 0 Å². The molecule has 3 nitrogen and oxygen atoms in total. The molecule has 0 spiro atoms. The molecule has 0 heterocycles. The van der Waals surface area contributed by atoms with E-state index in [0.717, 1.165) is 24.1 Å². The summed E-state index contributed by atoms with van der Waals surface area (Å²) in [6.45, 7) is 3.68. The molecule has 0 atom stereocenters. The Morgan fingerprint density at radius 2 is 1.86 bits per heavy atom. The van der Waals surface area contributed by atoms with Gasteiger partial charge in [0.15, 0.2) is 0 Å². The monoisotopic (exact) mass is 283 g/mol. The van der Waals surface area contributed by atoms with Crippen molar-refractivity contribution in [1.29, 1.82) is 0 Å². The van der Waals surface area contributed by atoms with Crippen LogP contribution in [0.4, 0.5) is 0 Å². The molecule has 0 amide bonds. The van der Waals surface area contributed by atoms with Crippen LogP contribution >= 0.6 is 0 Å². The highest BCUT2D eigenvalue weighted by Crippen LogP contribution is 2.10. The predicted molar refractivity (Wildman–Crippen MR) is 84.4 cm³/mol. The SMILES string of the molecule is Cc1cccc(CCNCc2ccccc2CC(=O)O)c1. The van der Waals surface area contributed by atoms with Gasteiger partial charge in [0.05, 0.1) is 6.42 Å². The topological polar surface area (TPSA) is 49.3 Å². The van der Waals surface area contributed by atoms with Gasteiger partial charge >= 0.3 is 5.97 Å². The van der Waals surface area contributed by atoms with E-state index in [4.69, 9.17) is 5.11 Å². The van der Waals surface area contributed by atoms with Crippen LogP contribution in [0.2, 0.25) is 0 Å². The molecule has 0 saturated carbocycles. The lowest BCUT2D eigenvalue weighted by molar-refractivity contribution is -0.136. The molecule has 0 fully saturated rings. The van der Waals surface area contributed by atoms with Gasteiger partial charge in [0.25, 0.3) is 0 Å². The Kier molecular flexibility index (Phi) is 5.52. The minimum absolute atomic E-state index is 0.0791. The first-order valence-electron chi connectivity index (χ1n) is 7.20. The zero-order valence-electron chi connectivity index (χ0n) is 12.3. The Balaban J connectivity index is 1.85. The van der Waals surface area contributed by atoms with Crippen molar-refractivity contribution < 1.29 is 9.90 Å². The molecule has 0 unspecified atom stereocenters. The molecule has 0 bridgehead atoms. The number of nitrogens with one attached hydrogen (secondary N) is 1. The summed E-state index contributed by atoms with van der Waals surface area (Å²) in [6, 6.07) is 16.2. The summed E-state index contributed by atoms with van der Waals surface area (Å²) in [4.78, 5) is 10.8. The van der Waals surface area contributed by atoms with Crippen molar-refractivity contribution in [1.82, 2.24) is 5.32 Å². The van der Waals surface area contributed by atoms with E-state index in [9.17, 15) is 4.79 Å². The van der Waals surface area contributed by atoms with E-state index < -0.39 is 5.97 Å². The molecular formula is C18H21NO2. The van der Waals surface area contributed by atoms with Crippen LogP contribution in [0.1, 0.15) is 22.3 Å². The molecule has 110 valence electrons. The van der Waals surface area contributed by atoms with Crippen molar-refractivity contribution in [2.75, 3.05) is 6.54 Å². The molecule has 2 N–H and O–H groups in total. The van der Waals surface area contributed by atoms with Crippen molar-refractivity contribution in [3.05, 3.63) is 70.8 Å². The zero-order valence-corrected chi connectivity index (χ0v) is 12.3. The minimum Gasteiger partial charge on any atom is -0.481 e. The molecule has 3 heteroatoms. The summed E-state index contributed by atoms with van der Waals surface area (Å²) in [7, 11) is 0. The third-order valence-corrected chi connectivity index (χ3v) is 3.45. The first-order chi connectivity index (χ1) is 10.1. The van der Waals surface area contributed by atoms with Crippen LogP contribution in [0.3, 0.4) is 0 Å². The second kappa shape index (κ2) is 7.60. The molecule has 0 aromatic heterocycles. The van der Waals surface area contributed by atoms with Crippen LogP contribution in [0.5, 0.6) is 0 Å². The Bertz CT molecular complexity index is 608. The van der Waals surface area contributed by atoms with Crippen molar-refractivity contribution in [3.8, 4) is 0 Å². The maximum absolute atomic E-state index is 10.8. The number of benzene rings is 2. The summed E-state index contributed by atoms with van der Waals surface area (Å²) in [5.41, 5.74) is 4.54. The molecule has 0 aliphatic carbocycles. The number of aryl methyl sites for hydroxylation is 1. The lowest BCUT2D eigenvalue weighted by atomic mass is 10.0. The van der Waals surface area contributed by atoms with E-state index in [1.54, 1.807) is 0 Å². The second-order valence-electron chi connectivity index (χ2n) is 5.26. The lowest BCUT2D eigenvalue weighted by Crippen LogP contribution is -2.18. The number of hydrogen-bond acceptors (Lipinski definition) is 2. The maximum Gasteiger partial charge on any atom is 0.307 e. The highest BCUT2D eigenvalue weighted by Gasteiger charge is 2.05. The van der Waals surface area contributed by atoms with Crippen LogP contribution in [-0.4, -0.2) is 17.6 Å². The molecule has 2 rings (SSSR count). The van der Waals surface area contributed by atoms with Crippen LogP contribution in [0.25, 0.3) is 0 Å². The van der Waals surface area contributed by atoms with Gasteiger partial charge in [0.2, 0.25) is 0 Å². The summed E-state index contributed by atoms with van der Waals surface area (Å²) in [5.74, 6) is -0.790. The van der Waals surface area contributed by atoms with E-state index in [-0.39, 0.29) is 6.42 Å². The number of carboxylic acid groups (broad SMARTS) is 1. The van der Waals surface area contributed by atoms with Gasteiger partial charge in [-0.2, -0.15) is 0 Å². The Hall–Kier alpha value is -2.13. The molecule has 2 aromatic rings. The molecule has 0 aliphatic heterocycles. The van der Waals surface area contributed by atoms with E-state index in [0.29, 0.717) is 6.54 Å². The summed E-state index contributed by atoms with van der Waals surface area (Å²) in [5, 5.41) is 12.3. The smallest absolute Gasteiger partial charge is 0.307 e. The third-order valence-electron chi connectivity index (χ3n) is 3.45. The van der Waals surface area contributed by atoms with Crippen molar-refractivity contribution >= 4 is 5.97 Å². The fourth-order valence-corrected chi connectivity index (χ4v) is 2.39. The van der Waals surface area contributed by atoms with Gasteiger partial charge in [-0.25, -0.2) is 0 Å². The fraction of sp³-hybridized carbons (Fsp3) is 0.278. The van der Waals surface area contributed by atoms with E-state index in [1.807, 2.05) is 24.3 Å². The zero-order chi connectivity index (χ0) is 15.1. The normalized spacial score (nSPS) is 10.5. The molecule has 0 aliphatic rings. The number of rotatable bonds is 7. The van der Waals surface area contributed by atoms with Gasteiger partial charge < -0.3 is 10.4 Å². The van der Waals surface area contributed by atoms with Gasteiger partial charge in [-0.15, -0.1) is 0 Å². The highest BCUT2D eigenvalue weighted by atomic mass is 16.4. The quantitative estimate of drug-likeness (QED) is 0.768. The number of carbonyl (C=O) groups is 1. The average Bonchev–Trinajstić information content (AvgIpc) is 2.45. The van der Waals surface area contributed by atoms with Crippen LogP contribution in [-0.2, 0) is 24.2 Å². The van der Waals surface area contributed by atoms with E-state index in [1.165, 1.54) is 11.1 Å². The van der Waals surface area contributed by atoms with Crippen LogP contribution in [0.15, 0.2) is 48.5 Å². The van der Waals surface area contributed by atoms with Crippen molar-refractivity contribution in [2.24, 2.45) is 0 Å². The van der Waals surface area contributed by atoms with Crippen LogP contribution < -0.4 is 5.32 Å². The Labute approximate surface area is 125 Å². The van der Waals surface area contributed by atoms with Gasteiger partial charge in [-0.05, 0) is 36.6 Å². The predicted octanol–water partition coefficient (Wildman–Crippen LogP) is 2.95. The van der Waals surface area contributed by atoms with Gasteiger partial charge in [-0.1, -0.05) is 54.1 Å². The number of aliphatic carboxylic acids is 1. The third kappa shape index (κ3) is 5.04. The highest BCUT2D eigenvalue weighted by molar-refractivity contribution is 5.70. The van der Waals surface area contributed by atoms with E-state index >= 15 is 0 Å². The van der Waals surface area contributed by atoms with Crippen LogP contribution in [0, 0.1) is 6.92 Å². The first kappa shape index (κ1) is 15.3. The molecular weight excluding hydrogens is 262 g/mol. The summed E-state index contributed by atoms with van der Waals surface area (Å²) in [6.07, 6.45) is 1.05. The molecule has 2 aromatic carbocycles. The van der Waals surface area contributed by atoms with Crippen molar-refractivity contribution in [3.63, 3.8) is 0 Å². The number of carboxylic acids is 1. The lowest BCUT2D eigenvalue weighted by Gasteiger charge is -2.09. The minimum atomic E-state index is -0.790. The van der Waals surface area contributed by atoms with Gasteiger partial charge in [0, 0.05) is 6.54 Å². The maximum atomic E-state index is 10.8. The van der Waals surface area contributed by atoms with Crippen molar-refractivity contribution in [2.45, 2.75) is 26.3 Å². The first-order valence-corrected chi connectivity index (χ1v) is 7.20. The second-order valence-corrected chi connectivity index (χ2v) is 5.26. The summed E-state index contributed by atoms with van der Waals surface area (Å²) >= 11 is 0. The summed E-state index contributed by atoms with van der Waals surface area (Å²) < 4.78 is 0. The Morgan fingerprint density at radius 3 is 2.57 bits per heavy atom. The van der Waals surface area contributed by atoms with Gasteiger partial charge in [-0.3, -0.25) is 4.79 Å². The largest absolute Gasteiger partial charge is 0.481 e. The molecule has 0 radical (unpaired) electrons.